The summed E-state index contributed by atoms with van der Waals surface area (Å²) in [5.74, 6) is 3.02. The normalized spacial score (nSPS) is 10.5. The quantitative estimate of drug-likeness (QED) is 0.655. The van der Waals surface area contributed by atoms with Crippen LogP contribution in [0.25, 0.3) is 22.8 Å². The van der Waals surface area contributed by atoms with Crippen LogP contribution in [0, 0.1) is 0 Å². The molecule has 4 heteroatoms. The molecule has 0 amide bonds. The summed E-state index contributed by atoms with van der Waals surface area (Å²) in [6, 6.07) is 15.5. The van der Waals surface area contributed by atoms with E-state index in [9.17, 15) is 0 Å². The first kappa shape index (κ1) is 15.2. The molecule has 0 saturated heterocycles. The first-order valence-corrected chi connectivity index (χ1v) is 7.72. The fourth-order valence-electron chi connectivity index (χ4n) is 2.28. The standard InChI is InChI=1S/C19H19NO3/c1-3-21-16-9-5-14(6-10-16)18-13-20-19(23-18)15-7-11-17(12-8-15)22-4-2/h5-13H,3-4H2,1-2H3. The van der Waals surface area contributed by atoms with Crippen molar-refractivity contribution in [2.24, 2.45) is 0 Å². The Kier molecular flexibility index (Phi) is 4.62. The molecule has 0 fully saturated rings. The predicted octanol–water partition coefficient (Wildman–Crippen LogP) is 4.81. The van der Waals surface area contributed by atoms with Crippen LogP contribution in [0.2, 0.25) is 0 Å². The Hall–Kier alpha value is -2.75. The molecule has 118 valence electrons. The Bertz CT molecular complexity index is 681. The molecule has 3 rings (SSSR count). The van der Waals surface area contributed by atoms with Gasteiger partial charge in [0.25, 0.3) is 0 Å². The number of hydrogen-bond acceptors (Lipinski definition) is 4. The second kappa shape index (κ2) is 7.01. The van der Waals surface area contributed by atoms with Gasteiger partial charge in [-0.05, 0) is 62.4 Å². The van der Waals surface area contributed by atoms with Gasteiger partial charge in [0.2, 0.25) is 5.89 Å². The van der Waals surface area contributed by atoms with E-state index < -0.39 is 0 Å². The molecule has 0 aliphatic heterocycles. The average molecular weight is 309 g/mol. The van der Waals surface area contributed by atoms with Crippen LogP contribution in [-0.4, -0.2) is 18.2 Å². The molecule has 0 unspecified atom stereocenters. The van der Waals surface area contributed by atoms with E-state index in [1.165, 1.54) is 0 Å². The minimum atomic E-state index is 0.594. The van der Waals surface area contributed by atoms with Crippen molar-refractivity contribution in [3.8, 4) is 34.3 Å². The molecule has 0 N–H and O–H groups in total. The van der Waals surface area contributed by atoms with Gasteiger partial charge in [0.05, 0.1) is 19.4 Å². The van der Waals surface area contributed by atoms with Crippen LogP contribution in [-0.2, 0) is 0 Å². The summed E-state index contributed by atoms with van der Waals surface area (Å²) in [6.45, 7) is 5.24. The fourth-order valence-corrected chi connectivity index (χ4v) is 2.28. The van der Waals surface area contributed by atoms with Crippen molar-refractivity contribution in [3.63, 3.8) is 0 Å². The topological polar surface area (TPSA) is 44.5 Å². The van der Waals surface area contributed by atoms with Gasteiger partial charge in [-0.2, -0.15) is 0 Å². The maximum atomic E-state index is 5.86. The summed E-state index contributed by atoms with van der Waals surface area (Å²) in [6.07, 6.45) is 1.74. The summed E-state index contributed by atoms with van der Waals surface area (Å²) < 4.78 is 16.7. The number of rotatable bonds is 6. The Morgan fingerprint density at radius 1 is 0.783 bits per heavy atom. The third-order valence-electron chi connectivity index (χ3n) is 3.37. The van der Waals surface area contributed by atoms with E-state index in [-0.39, 0.29) is 0 Å². The number of nitrogens with zero attached hydrogens (tertiary/aromatic N) is 1. The van der Waals surface area contributed by atoms with Crippen molar-refractivity contribution in [1.82, 2.24) is 4.98 Å². The van der Waals surface area contributed by atoms with E-state index in [1.54, 1.807) is 6.20 Å². The van der Waals surface area contributed by atoms with Gasteiger partial charge in [0.15, 0.2) is 5.76 Å². The highest BCUT2D eigenvalue weighted by molar-refractivity contribution is 5.62. The largest absolute Gasteiger partial charge is 0.494 e. The average Bonchev–Trinajstić information content (AvgIpc) is 3.07. The van der Waals surface area contributed by atoms with Gasteiger partial charge >= 0.3 is 0 Å². The highest BCUT2D eigenvalue weighted by Crippen LogP contribution is 2.28. The Morgan fingerprint density at radius 3 is 1.83 bits per heavy atom. The molecule has 0 spiro atoms. The summed E-state index contributed by atoms with van der Waals surface area (Å²) in [4.78, 5) is 4.36. The van der Waals surface area contributed by atoms with Gasteiger partial charge < -0.3 is 13.9 Å². The van der Waals surface area contributed by atoms with E-state index in [2.05, 4.69) is 4.98 Å². The molecule has 1 aromatic heterocycles. The van der Waals surface area contributed by atoms with Gasteiger partial charge in [-0.3, -0.25) is 0 Å². The van der Waals surface area contributed by atoms with Crippen LogP contribution in [0.3, 0.4) is 0 Å². The van der Waals surface area contributed by atoms with Crippen molar-refractivity contribution in [1.29, 1.82) is 0 Å². The Morgan fingerprint density at radius 2 is 1.30 bits per heavy atom. The minimum absolute atomic E-state index is 0.594. The molecular formula is C19H19NO3. The third-order valence-corrected chi connectivity index (χ3v) is 3.37. The van der Waals surface area contributed by atoms with Crippen molar-refractivity contribution < 1.29 is 13.9 Å². The number of ether oxygens (including phenoxy) is 2. The van der Waals surface area contributed by atoms with E-state index in [0.29, 0.717) is 19.1 Å². The molecule has 0 saturated carbocycles. The Labute approximate surface area is 135 Å². The first-order valence-electron chi connectivity index (χ1n) is 7.72. The third kappa shape index (κ3) is 3.54. The Balaban J connectivity index is 1.79. The highest BCUT2D eigenvalue weighted by Gasteiger charge is 2.09. The smallest absolute Gasteiger partial charge is 0.226 e. The van der Waals surface area contributed by atoms with Crippen LogP contribution in [0.4, 0.5) is 0 Å². The predicted molar refractivity (Wildman–Crippen MR) is 89.7 cm³/mol. The SMILES string of the molecule is CCOc1ccc(-c2cnc(-c3ccc(OCC)cc3)o2)cc1. The van der Waals surface area contributed by atoms with Crippen molar-refractivity contribution in [3.05, 3.63) is 54.7 Å². The second-order valence-corrected chi connectivity index (χ2v) is 4.94. The molecule has 0 bridgehead atoms. The van der Waals surface area contributed by atoms with Crippen LogP contribution >= 0.6 is 0 Å². The van der Waals surface area contributed by atoms with Gasteiger partial charge in [-0.1, -0.05) is 0 Å². The lowest BCUT2D eigenvalue weighted by Gasteiger charge is -2.03. The van der Waals surface area contributed by atoms with Gasteiger partial charge in [-0.25, -0.2) is 4.98 Å². The van der Waals surface area contributed by atoms with Crippen LogP contribution in [0.15, 0.2) is 59.1 Å². The number of oxazole rings is 1. The molecule has 4 nitrogen and oxygen atoms in total. The van der Waals surface area contributed by atoms with E-state index in [1.807, 2.05) is 62.4 Å². The molecule has 0 atom stereocenters. The summed E-state index contributed by atoms with van der Waals surface area (Å²) >= 11 is 0. The molecule has 23 heavy (non-hydrogen) atoms. The zero-order valence-corrected chi connectivity index (χ0v) is 13.3. The van der Waals surface area contributed by atoms with Gasteiger partial charge in [0, 0.05) is 11.1 Å². The second-order valence-electron chi connectivity index (χ2n) is 4.94. The number of aromatic nitrogens is 1. The summed E-state index contributed by atoms with van der Waals surface area (Å²) in [5, 5.41) is 0. The van der Waals surface area contributed by atoms with E-state index in [4.69, 9.17) is 13.9 Å². The van der Waals surface area contributed by atoms with E-state index >= 15 is 0 Å². The van der Waals surface area contributed by atoms with Gasteiger partial charge in [0.1, 0.15) is 11.5 Å². The molecule has 0 aliphatic carbocycles. The zero-order chi connectivity index (χ0) is 16.1. The lowest BCUT2D eigenvalue weighted by Crippen LogP contribution is -1.90. The van der Waals surface area contributed by atoms with Crippen molar-refractivity contribution in [2.75, 3.05) is 13.2 Å². The molecule has 0 radical (unpaired) electrons. The minimum Gasteiger partial charge on any atom is -0.494 e. The maximum absolute atomic E-state index is 5.86. The molecule has 2 aromatic carbocycles. The summed E-state index contributed by atoms with van der Waals surface area (Å²) in [7, 11) is 0. The van der Waals surface area contributed by atoms with Crippen LogP contribution in [0.1, 0.15) is 13.8 Å². The number of benzene rings is 2. The highest BCUT2D eigenvalue weighted by atomic mass is 16.5. The molecule has 0 aliphatic rings. The molecule has 1 heterocycles. The fraction of sp³-hybridized carbons (Fsp3) is 0.211. The molecule has 3 aromatic rings. The zero-order valence-electron chi connectivity index (χ0n) is 13.3. The van der Waals surface area contributed by atoms with E-state index in [0.717, 1.165) is 28.4 Å². The monoisotopic (exact) mass is 309 g/mol. The summed E-state index contributed by atoms with van der Waals surface area (Å²) in [5.41, 5.74) is 1.89. The van der Waals surface area contributed by atoms with Crippen molar-refractivity contribution in [2.45, 2.75) is 13.8 Å². The lowest BCUT2D eigenvalue weighted by molar-refractivity contribution is 0.340. The van der Waals surface area contributed by atoms with Crippen LogP contribution in [0.5, 0.6) is 11.5 Å². The first-order chi connectivity index (χ1) is 11.3. The lowest BCUT2D eigenvalue weighted by atomic mass is 10.2. The molecular weight excluding hydrogens is 290 g/mol. The van der Waals surface area contributed by atoms with Crippen molar-refractivity contribution >= 4 is 0 Å². The number of hydrogen-bond donors (Lipinski definition) is 0. The van der Waals surface area contributed by atoms with Gasteiger partial charge in [-0.15, -0.1) is 0 Å². The maximum Gasteiger partial charge on any atom is 0.226 e. The van der Waals surface area contributed by atoms with Crippen LogP contribution < -0.4 is 9.47 Å².